The van der Waals surface area contributed by atoms with Crippen molar-refractivity contribution in [3.63, 3.8) is 0 Å². The zero-order chi connectivity index (χ0) is 9.26. The highest BCUT2D eigenvalue weighted by atomic mass is 16.3. The summed E-state index contributed by atoms with van der Waals surface area (Å²) in [5.41, 5.74) is 1.74. The van der Waals surface area contributed by atoms with Gasteiger partial charge in [0.05, 0.1) is 0 Å². The summed E-state index contributed by atoms with van der Waals surface area (Å²) in [5, 5.41) is 21.4. The molecule has 2 rings (SSSR count). The minimum atomic E-state index is -0.0984. The number of rotatable bonds is 0. The lowest BCUT2D eigenvalue weighted by Crippen LogP contribution is -1.86. The predicted molar refractivity (Wildman–Crippen MR) is 51.0 cm³/mol. The Bertz CT molecular complexity index is 357. The average Bonchev–Trinajstić information content (AvgIpc) is 2.31. The Labute approximate surface area is 75.6 Å². The summed E-state index contributed by atoms with van der Waals surface area (Å²) >= 11 is 0. The van der Waals surface area contributed by atoms with E-state index in [0.29, 0.717) is 0 Å². The van der Waals surface area contributed by atoms with Crippen molar-refractivity contribution in [1.82, 2.24) is 5.32 Å². The standard InChI is InChI=1S/C10H9NO2/c12-9-5-7-1-3-11-4-2-8(7)6-10(9)13/h1-6,11-13H. The van der Waals surface area contributed by atoms with Crippen LogP contribution in [0, 0.1) is 0 Å². The van der Waals surface area contributed by atoms with Gasteiger partial charge in [-0.05, 0) is 35.4 Å². The Morgan fingerprint density at radius 3 is 1.77 bits per heavy atom. The maximum atomic E-state index is 9.24. The normalized spacial score (nSPS) is 13.2. The number of aromatic hydroxyl groups is 2. The summed E-state index contributed by atoms with van der Waals surface area (Å²) in [6, 6.07) is 3.05. The molecule has 66 valence electrons. The quantitative estimate of drug-likeness (QED) is 0.525. The van der Waals surface area contributed by atoms with E-state index in [9.17, 15) is 10.2 Å². The summed E-state index contributed by atoms with van der Waals surface area (Å²) in [4.78, 5) is 0. The van der Waals surface area contributed by atoms with E-state index in [1.807, 2.05) is 12.2 Å². The van der Waals surface area contributed by atoms with Gasteiger partial charge in [0.1, 0.15) is 0 Å². The van der Waals surface area contributed by atoms with Gasteiger partial charge in [0, 0.05) is 12.4 Å². The van der Waals surface area contributed by atoms with Gasteiger partial charge < -0.3 is 15.5 Å². The van der Waals surface area contributed by atoms with Gasteiger partial charge in [-0.1, -0.05) is 0 Å². The molecule has 1 aromatic carbocycles. The number of nitrogens with one attached hydrogen (secondary N) is 1. The van der Waals surface area contributed by atoms with Crippen molar-refractivity contribution >= 4 is 12.2 Å². The van der Waals surface area contributed by atoms with Crippen LogP contribution in [0.1, 0.15) is 11.1 Å². The van der Waals surface area contributed by atoms with Crippen LogP contribution in [0.25, 0.3) is 12.2 Å². The third-order valence-electron chi connectivity index (χ3n) is 1.90. The average molecular weight is 175 g/mol. The van der Waals surface area contributed by atoms with Gasteiger partial charge in [-0.2, -0.15) is 0 Å². The summed E-state index contributed by atoms with van der Waals surface area (Å²) in [5.74, 6) is -0.197. The zero-order valence-corrected chi connectivity index (χ0v) is 6.86. The Balaban J connectivity index is 2.62. The minimum absolute atomic E-state index is 0.0984. The molecule has 0 saturated carbocycles. The van der Waals surface area contributed by atoms with E-state index in [4.69, 9.17) is 0 Å². The fourth-order valence-electron chi connectivity index (χ4n) is 1.23. The van der Waals surface area contributed by atoms with Crippen LogP contribution in [0.2, 0.25) is 0 Å². The molecule has 13 heavy (non-hydrogen) atoms. The lowest BCUT2D eigenvalue weighted by Gasteiger charge is -2.02. The molecule has 0 bridgehead atoms. The number of hydrogen-bond acceptors (Lipinski definition) is 3. The van der Waals surface area contributed by atoms with Gasteiger partial charge in [-0.25, -0.2) is 0 Å². The highest BCUT2D eigenvalue weighted by molar-refractivity contribution is 5.70. The van der Waals surface area contributed by atoms with Crippen LogP contribution < -0.4 is 5.32 Å². The Kier molecular flexibility index (Phi) is 1.70. The van der Waals surface area contributed by atoms with E-state index in [1.165, 1.54) is 12.1 Å². The van der Waals surface area contributed by atoms with Crippen molar-refractivity contribution in [2.45, 2.75) is 0 Å². The molecule has 1 heterocycles. The first-order valence-corrected chi connectivity index (χ1v) is 3.92. The third-order valence-corrected chi connectivity index (χ3v) is 1.90. The molecule has 0 aromatic heterocycles. The first-order chi connectivity index (χ1) is 6.27. The monoisotopic (exact) mass is 175 g/mol. The van der Waals surface area contributed by atoms with Crippen molar-refractivity contribution in [1.29, 1.82) is 0 Å². The van der Waals surface area contributed by atoms with Crippen molar-refractivity contribution in [2.75, 3.05) is 0 Å². The third kappa shape index (κ3) is 1.36. The molecule has 3 nitrogen and oxygen atoms in total. The molecule has 0 fully saturated rings. The van der Waals surface area contributed by atoms with Gasteiger partial charge in [-0.15, -0.1) is 0 Å². The van der Waals surface area contributed by atoms with Crippen molar-refractivity contribution in [2.24, 2.45) is 0 Å². The molecule has 0 aliphatic carbocycles. The van der Waals surface area contributed by atoms with Gasteiger partial charge in [-0.3, -0.25) is 0 Å². The molecule has 1 aliphatic heterocycles. The van der Waals surface area contributed by atoms with E-state index >= 15 is 0 Å². The number of hydrogen-bond donors (Lipinski definition) is 3. The molecule has 0 spiro atoms. The molecule has 0 radical (unpaired) electrons. The molecule has 1 aromatic rings. The summed E-state index contributed by atoms with van der Waals surface area (Å²) in [7, 11) is 0. The number of benzene rings is 1. The molecule has 1 aliphatic rings. The molecular formula is C10H9NO2. The molecule has 0 atom stereocenters. The van der Waals surface area contributed by atoms with Crippen molar-refractivity contribution < 1.29 is 10.2 Å². The second kappa shape index (κ2) is 2.86. The van der Waals surface area contributed by atoms with E-state index < -0.39 is 0 Å². The van der Waals surface area contributed by atoms with Crippen molar-refractivity contribution in [3.05, 3.63) is 35.7 Å². The largest absolute Gasteiger partial charge is 0.504 e. The van der Waals surface area contributed by atoms with Crippen LogP contribution in [0.5, 0.6) is 11.5 Å². The summed E-state index contributed by atoms with van der Waals surface area (Å²) in [6.07, 6.45) is 7.18. The van der Waals surface area contributed by atoms with Crippen LogP contribution in [0.3, 0.4) is 0 Å². The van der Waals surface area contributed by atoms with Gasteiger partial charge in [0.25, 0.3) is 0 Å². The van der Waals surface area contributed by atoms with E-state index in [1.54, 1.807) is 12.4 Å². The van der Waals surface area contributed by atoms with Gasteiger partial charge >= 0.3 is 0 Å². The number of fused-ring (bicyclic) bond motifs is 1. The first-order valence-electron chi connectivity index (χ1n) is 3.92. The first kappa shape index (κ1) is 7.73. The minimum Gasteiger partial charge on any atom is -0.504 e. The lowest BCUT2D eigenvalue weighted by atomic mass is 10.1. The van der Waals surface area contributed by atoms with Crippen LogP contribution >= 0.6 is 0 Å². The SMILES string of the molecule is Oc1cc2c(cc1O)C=CNC=C2. The molecular weight excluding hydrogens is 166 g/mol. The number of phenols is 2. The molecule has 0 saturated heterocycles. The second-order valence-corrected chi connectivity index (χ2v) is 2.80. The predicted octanol–water partition coefficient (Wildman–Crippen LogP) is 1.64. The fraction of sp³-hybridized carbons (Fsp3) is 0. The van der Waals surface area contributed by atoms with Gasteiger partial charge in [0.2, 0.25) is 0 Å². The van der Waals surface area contributed by atoms with E-state index in [-0.39, 0.29) is 11.5 Å². The van der Waals surface area contributed by atoms with Gasteiger partial charge in [0.15, 0.2) is 11.5 Å². The zero-order valence-electron chi connectivity index (χ0n) is 6.86. The van der Waals surface area contributed by atoms with E-state index in [0.717, 1.165) is 11.1 Å². The second-order valence-electron chi connectivity index (χ2n) is 2.80. The smallest absolute Gasteiger partial charge is 0.158 e. The molecule has 3 heteroatoms. The molecule has 0 amide bonds. The van der Waals surface area contributed by atoms with Crippen LogP contribution in [0.15, 0.2) is 24.5 Å². The van der Waals surface area contributed by atoms with Crippen LogP contribution in [0.4, 0.5) is 0 Å². The maximum Gasteiger partial charge on any atom is 0.158 e. The van der Waals surface area contributed by atoms with Crippen LogP contribution in [-0.2, 0) is 0 Å². The Morgan fingerprint density at radius 2 is 1.31 bits per heavy atom. The summed E-state index contributed by atoms with van der Waals surface area (Å²) < 4.78 is 0. The number of phenolic OH excluding ortho intramolecular Hbond substituents is 2. The Hall–Kier alpha value is -1.90. The van der Waals surface area contributed by atoms with Crippen molar-refractivity contribution in [3.8, 4) is 11.5 Å². The molecule has 0 unspecified atom stereocenters. The molecule has 3 N–H and O–H groups in total. The van der Waals surface area contributed by atoms with Crippen LogP contribution in [-0.4, -0.2) is 10.2 Å². The highest BCUT2D eigenvalue weighted by Gasteiger charge is 2.05. The topological polar surface area (TPSA) is 52.5 Å². The highest BCUT2D eigenvalue weighted by Crippen LogP contribution is 2.30. The summed E-state index contributed by atoms with van der Waals surface area (Å²) in [6.45, 7) is 0. The fourth-order valence-corrected chi connectivity index (χ4v) is 1.23. The van der Waals surface area contributed by atoms with E-state index in [2.05, 4.69) is 5.32 Å². The Morgan fingerprint density at radius 1 is 0.846 bits per heavy atom. The maximum absolute atomic E-state index is 9.24. The lowest BCUT2D eigenvalue weighted by molar-refractivity contribution is 0.403.